The Kier molecular flexibility index (Phi) is 4.98. The van der Waals surface area contributed by atoms with Crippen molar-refractivity contribution in [2.24, 2.45) is 0 Å². The standard InChI is InChI=1S/C15H18BrNS/c1-3-12-4-6-13(7-5-12)9-17-10-14-8-15(16)11(2)18-14/h4-8,17H,3,9-10H2,1-2H3. The third-order valence-corrected chi connectivity index (χ3v) is 5.10. The number of rotatable bonds is 5. The van der Waals surface area contributed by atoms with Crippen LogP contribution >= 0.6 is 27.3 Å². The lowest BCUT2D eigenvalue weighted by Crippen LogP contribution is -2.11. The van der Waals surface area contributed by atoms with Crippen LogP contribution in [0.5, 0.6) is 0 Å². The van der Waals surface area contributed by atoms with E-state index >= 15 is 0 Å². The molecule has 0 aliphatic rings. The molecule has 0 aliphatic heterocycles. The van der Waals surface area contributed by atoms with Gasteiger partial charge in [0.25, 0.3) is 0 Å². The molecule has 0 bridgehead atoms. The van der Waals surface area contributed by atoms with Crippen molar-refractivity contribution in [1.29, 1.82) is 0 Å². The highest BCUT2D eigenvalue weighted by Crippen LogP contribution is 2.26. The summed E-state index contributed by atoms with van der Waals surface area (Å²) >= 11 is 5.40. The molecule has 0 atom stereocenters. The highest BCUT2D eigenvalue weighted by atomic mass is 79.9. The van der Waals surface area contributed by atoms with Crippen LogP contribution in [-0.2, 0) is 19.5 Å². The maximum absolute atomic E-state index is 3.55. The van der Waals surface area contributed by atoms with Gasteiger partial charge in [-0.1, -0.05) is 31.2 Å². The Balaban J connectivity index is 1.84. The molecule has 1 nitrogen and oxygen atoms in total. The molecular formula is C15H18BrNS. The summed E-state index contributed by atoms with van der Waals surface area (Å²) in [6.07, 6.45) is 1.11. The minimum atomic E-state index is 0.929. The van der Waals surface area contributed by atoms with Crippen LogP contribution in [-0.4, -0.2) is 0 Å². The molecule has 2 rings (SSSR count). The van der Waals surface area contributed by atoms with Gasteiger partial charge in [-0.05, 0) is 46.5 Å². The van der Waals surface area contributed by atoms with Gasteiger partial charge < -0.3 is 5.32 Å². The van der Waals surface area contributed by atoms with Crippen LogP contribution in [0, 0.1) is 6.92 Å². The lowest BCUT2D eigenvalue weighted by Gasteiger charge is -2.04. The first-order valence-electron chi connectivity index (χ1n) is 6.22. The Bertz CT molecular complexity index is 482. The van der Waals surface area contributed by atoms with E-state index in [0.29, 0.717) is 0 Å². The van der Waals surface area contributed by atoms with Crippen molar-refractivity contribution < 1.29 is 0 Å². The van der Waals surface area contributed by atoms with E-state index in [-0.39, 0.29) is 0 Å². The lowest BCUT2D eigenvalue weighted by atomic mass is 10.1. The second-order valence-corrected chi connectivity index (χ2v) is 6.59. The predicted molar refractivity (Wildman–Crippen MR) is 83.1 cm³/mol. The smallest absolute Gasteiger partial charge is 0.0314 e. The summed E-state index contributed by atoms with van der Waals surface area (Å²) in [5.74, 6) is 0. The summed E-state index contributed by atoms with van der Waals surface area (Å²) in [5, 5.41) is 3.49. The van der Waals surface area contributed by atoms with Crippen molar-refractivity contribution in [3.63, 3.8) is 0 Å². The molecule has 1 aromatic heterocycles. The average molecular weight is 324 g/mol. The van der Waals surface area contributed by atoms with Crippen LogP contribution in [0.2, 0.25) is 0 Å². The summed E-state index contributed by atoms with van der Waals surface area (Å²) in [7, 11) is 0. The summed E-state index contributed by atoms with van der Waals surface area (Å²) in [4.78, 5) is 2.73. The fourth-order valence-electron chi connectivity index (χ4n) is 1.83. The van der Waals surface area contributed by atoms with Gasteiger partial charge in [0.2, 0.25) is 0 Å². The number of hydrogen-bond acceptors (Lipinski definition) is 2. The largest absolute Gasteiger partial charge is 0.308 e. The van der Waals surface area contributed by atoms with Crippen LogP contribution in [0.25, 0.3) is 0 Å². The quantitative estimate of drug-likeness (QED) is 0.843. The van der Waals surface area contributed by atoms with E-state index in [2.05, 4.69) is 65.4 Å². The zero-order valence-corrected chi connectivity index (χ0v) is 13.2. The maximum Gasteiger partial charge on any atom is 0.0314 e. The van der Waals surface area contributed by atoms with E-state index in [1.165, 1.54) is 25.4 Å². The lowest BCUT2D eigenvalue weighted by molar-refractivity contribution is 0.700. The molecule has 0 radical (unpaired) electrons. The normalized spacial score (nSPS) is 10.8. The Morgan fingerprint density at radius 3 is 2.33 bits per heavy atom. The summed E-state index contributed by atoms with van der Waals surface area (Å²) in [5.41, 5.74) is 2.75. The van der Waals surface area contributed by atoms with Gasteiger partial charge in [0.1, 0.15) is 0 Å². The van der Waals surface area contributed by atoms with Crippen LogP contribution in [0.1, 0.15) is 27.8 Å². The fraction of sp³-hybridized carbons (Fsp3) is 0.333. The molecular weight excluding hydrogens is 306 g/mol. The van der Waals surface area contributed by atoms with Crippen molar-refractivity contribution in [3.8, 4) is 0 Å². The van der Waals surface area contributed by atoms with E-state index in [1.807, 2.05) is 11.3 Å². The van der Waals surface area contributed by atoms with Crippen LogP contribution in [0.4, 0.5) is 0 Å². The zero-order chi connectivity index (χ0) is 13.0. The fourth-order valence-corrected chi connectivity index (χ4v) is 3.40. The first-order valence-corrected chi connectivity index (χ1v) is 7.83. The number of hydrogen-bond donors (Lipinski definition) is 1. The van der Waals surface area contributed by atoms with Gasteiger partial charge >= 0.3 is 0 Å². The summed E-state index contributed by atoms with van der Waals surface area (Å²) in [6, 6.07) is 11.0. The van der Waals surface area contributed by atoms with E-state index in [0.717, 1.165) is 19.5 Å². The molecule has 1 aromatic carbocycles. The molecule has 0 fully saturated rings. The van der Waals surface area contributed by atoms with Gasteiger partial charge in [-0.3, -0.25) is 0 Å². The zero-order valence-electron chi connectivity index (χ0n) is 10.8. The highest BCUT2D eigenvalue weighted by Gasteiger charge is 2.02. The van der Waals surface area contributed by atoms with Gasteiger partial charge in [0, 0.05) is 27.3 Å². The number of halogens is 1. The van der Waals surface area contributed by atoms with Crippen molar-refractivity contribution in [3.05, 3.63) is 55.7 Å². The molecule has 0 saturated heterocycles. The van der Waals surface area contributed by atoms with Gasteiger partial charge in [-0.15, -0.1) is 11.3 Å². The van der Waals surface area contributed by atoms with Crippen LogP contribution < -0.4 is 5.32 Å². The van der Waals surface area contributed by atoms with Crippen molar-refractivity contribution in [2.75, 3.05) is 0 Å². The first kappa shape index (κ1) is 13.8. The molecule has 3 heteroatoms. The Morgan fingerprint density at radius 1 is 1.11 bits per heavy atom. The molecule has 1 heterocycles. The van der Waals surface area contributed by atoms with Crippen molar-refractivity contribution in [2.45, 2.75) is 33.4 Å². The second kappa shape index (κ2) is 6.50. The number of thiophene rings is 1. The third-order valence-electron chi connectivity index (χ3n) is 2.97. The monoisotopic (exact) mass is 323 g/mol. The van der Waals surface area contributed by atoms with Crippen LogP contribution in [0.3, 0.4) is 0 Å². The van der Waals surface area contributed by atoms with Gasteiger partial charge in [-0.25, -0.2) is 0 Å². The highest BCUT2D eigenvalue weighted by molar-refractivity contribution is 9.10. The summed E-state index contributed by atoms with van der Waals surface area (Å²) in [6.45, 7) is 6.19. The summed E-state index contributed by atoms with van der Waals surface area (Å²) < 4.78 is 1.22. The molecule has 2 aromatic rings. The molecule has 0 unspecified atom stereocenters. The van der Waals surface area contributed by atoms with E-state index in [1.54, 1.807) is 0 Å². The Labute approximate surface area is 121 Å². The second-order valence-electron chi connectivity index (χ2n) is 4.39. The molecule has 0 amide bonds. The van der Waals surface area contributed by atoms with Crippen molar-refractivity contribution >= 4 is 27.3 Å². The van der Waals surface area contributed by atoms with Gasteiger partial charge in [0.05, 0.1) is 0 Å². The third kappa shape index (κ3) is 3.67. The minimum absolute atomic E-state index is 0.929. The molecule has 0 aliphatic carbocycles. The SMILES string of the molecule is CCc1ccc(CNCc2cc(Br)c(C)s2)cc1. The number of nitrogens with one attached hydrogen (secondary N) is 1. The number of benzene rings is 1. The van der Waals surface area contributed by atoms with E-state index < -0.39 is 0 Å². The number of aryl methyl sites for hydroxylation is 2. The molecule has 0 spiro atoms. The Morgan fingerprint density at radius 2 is 1.78 bits per heavy atom. The molecule has 96 valence electrons. The molecule has 1 N–H and O–H groups in total. The van der Waals surface area contributed by atoms with E-state index in [4.69, 9.17) is 0 Å². The van der Waals surface area contributed by atoms with Gasteiger partial charge in [-0.2, -0.15) is 0 Å². The van der Waals surface area contributed by atoms with Gasteiger partial charge in [0.15, 0.2) is 0 Å². The maximum atomic E-state index is 3.55. The predicted octanol–water partition coefficient (Wildman–Crippen LogP) is 4.67. The van der Waals surface area contributed by atoms with Crippen LogP contribution in [0.15, 0.2) is 34.8 Å². The van der Waals surface area contributed by atoms with E-state index in [9.17, 15) is 0 Å². The topological polar surface area (TPSA) is 12.0 Å². The minimum Gasteiger partial charge on any atom is -0.308 e. The molecule has 0 saturated carbocycles. The average Bonchev–Trinajstić information content (AvgIpc) is 2.69. The Hall–Kier alpha value is -0.640. The molecule has 18 heavy (non-hydrogen) atoms. The van der Waals surface area contributed by atoms with Crippen molar-refractivity contribution in [1.82, 2.24) is 5.32 Å². The first-order chi connectivity index (χ1) is 8.69.